The van der Waals surface area contributed by atoms with E-state index in [-0.39, 0.29) is 0 Å². The molecule has 0 saturated heterocycles. The second-order valence-corrected chi connectivity index (χ2v) is 9.71. The Morgan fingerprint density at radius 3 is 1.97 bits per heavy atom. The molecule has 0 N–H and O–H groups in total. The maximum Gasteiger partial charge on any atom is 0.182 e. The first-order valence-electron chi connectivity index (χ1n) is 12.5. The summed E-state index contributed by atoms with van der Waals surface area (Å²) < 4.78 is 1.91. The largest absolute Gasteiger partial charge is 0.219 e. The van der Waals surface area contributed by atoms with Gasteiger partial charge >= 0.3 is 0 Å². The highest BCUT2D eigenvalue weighted by Crippen LogP contribution is 2.35. The smallest absolute Gasteiger partial charge is 0.182 e. The summed E-state index contributed by atoms with van der Waals surface area (Å²) in [7, 11) is 0. The molecule has 38 heavy (non-hydrogen) atoms. The molecule has 0 aliphatic heterocycles. The molecule has 0 amide bonds. The van der Waals surface area contributed by atoms with Crippen LogP contribution in [-0.2, 0) is 0 Å². The molecule has 0 saturated carbocycles. The monoisotopic (exact) mass is 507 g/mol. The van der Waals surface area contributed by atoms with Gasteiger partial charge in [0.15, 0.2) is 11.5 Å². The highest BCUT2D eigenvalue weighted by atomic mass is 35.5. The summed E-state index contributed by atoms with van der Waals surface area (Å²) >= 11 is 6.49. The summed E-state index contributed by atoms with van der Waals surface area (Å²) in [6, 6.07) is 43.7. The summed E-state index contributed by atoms with van der Waals surface area (Å²) in [6.07, 6.45) is 2.06. The fourth-order valence-corrected chi connectivity index (χ4v) is 5.31. The van der Waals surface area contributed by atoms with Gasteiger partial charge in [-0.15, -0.1) is 5.10 Å². The van der Waals surface area contributed by atoms with Crippen LogP contribution in [0.4, 0.5) is 0 Å². The van der Waals surface area contributed by atoms with Gasteiger partial charge in [0.05, 0.1) is 0 Å². The number of hydrogen-bond acceptors (Lipinski definition) is 2. The average Bonchev–Trinajstić information content (AvgIpc) is 3.42. The number of halogens is 1. The molecule has 0 fully saturated rings. The normalized spacial score (nSPS) is 11.3. The molecule has 0 aliphatic carbocycles. The van der Waals surface area contributed by atoms with E-state index in [2.05, 4.69) is 109 Å². The predicted molar refractivity (Wildman–Crippen MR) is 157 cm³/mol. The second-order valence-electron chi connectivity index (χ2n) is 9.30. The summed E-state index contributed by atoms with van der Waals surface area (Å²) in [5.74, 6) is 0.688. The van der Waals surface area contributed by atoms with Crippen LogP contribution in [-0.4, -0.2) is 14.6 Å². The van der Waals surface area contributed by atoms with Crippen molar-refractivity contribution < 1.29 is 0 Å². The number of rotatable bonds is 4. The molecule has 0 radical (unpaired) electrons. The molecule has 0 unspecified atom stereocenters. The quantitative estimate of drug-likeness (QED) is 0.237. The Morgan fingerprint density at radius 1 is 0.500 bits per heavy atom. The molecule has 3 nitrogen and oxygen atoms in total. The van der Waals surface area contributed by atoms with Gasteiger partial charge in [-0.25, -0.2) is 9.50 Å². The zero-order chi connectivity index (χ0) is 25.5. The lowest BCUT2D eigenvalue weighted by atomic mass is 9.97. The van der Waals surface area contributed by atoms with Crippen molar-refractivity contribution in [3.8, 4) is 44.8 Å². The first kappa shape index (κ1) is 22.5. The molecule has 0 bridgehead atoms. The highest BCUT2D eigenvalue weighted by Gasteiger charge is 2.15. The minimum absolute atomic E-state index is 0.688. The van der Waals surface area contributed by atoms with Crippen LogP contribution in [0.5, 0.6) is 0 Å². The number of hydrogen-bond donors (Lipinski definition) is 0. The van der Waals surface area contributed by atoms with Gasteiger partial charge < -0.3 is 0 Å². The van der Waals surface area contributed by atoms with Crippen molar-refractivity contribution in [1.29, 1.82) is 0 Å². The van der Waals surface area contributed by atoms with Crippen molar-refractivity contribution in [3.63, 3.8) is 0 Å². The van der Waals surface area contributed by atoms with E-state index in [9.17, 15) is 0 Å². The van der Waals surface area contributed by atoms with Crippen LogP contribution in [0.15, 0.2) is 134 Å². The molecular formula is C34H22ClN3. The van der Waals surface area contributed by atoms with Gasteiger partial charge in [0, 0.05) is 33.3 Å². The van der Waals surface area contributed by atoms with Crippen LogP contribution in [0, 0.1) is 0 Å². The highest BCUT2D eigenvalue weighted by molar-refractivity contribution is 6.35. The van der Waals surface area contributed by atoms with E-state index >= 15 is 0 Å². The summed E-state index contributed by atoms with van der Waals surface area (Å²) in [6.45, 7) is 0. The molecule has 7 aromatic rings. The molecule has 2 aromatic heterocycles. The molecule has 180 valence electrons. The van der Waals surface area contributed by atoms with Crippen molar-refractivity contribution in [3.05, 3.63) is 139 Å². The standard InChI is InChI=1S/C34H22ClN3/c35-32-19-9-17-29-28(16-8-18-30(29)32)25-14-7-15-26(20-25)33-36-34-31(24-12-5-2-6-13-24)21-27(22-38(34)37-33)23-10-3-1-4-11-23/h1-22H. The van der Waals surface area contributed by atoms with E-state index in [1.165, 1.54) is 0 Å². The maximum atomic E-state index is 6.49. The number of aromatic nitrogens is 3. The van der Waals surface area contributed by atoms with Crippen molar-refractivity contribution in [2.45, 2.75) is 0 Å². The Hall–Kier alpha value is -4.73. The van der Waals surface area contributed by atoms with Gasteiger partial charge in [0.2, 0.25) is 0 Å². The Bertz CT molecular complexity index is 1930. The SMILES string of the molecule is Clc1cccc2c(-c3cccc(-c4nc5c(-c6ccccc6)cc(-c6ccccc6)cn5n4)c3)cccc12. The molecule has 0 aliphatic rings. The van der Waals surface area contributed by atoms with Crippen LogP contribution in [0.3, 0.4) is 0 Å². The van der Waals surface area contributed by atoms with Crippen LogP contribution in [0.2, 0.25) is 5.02 Å². The number of nitrogens with zero attached hydrogens (tertiary/aromatic N) is 3. The minimum atomic E-state index is 0.688. The number of fused-ring (bicyclic) bond motifs is 2. The van der Waals surface area contributed by atoms with Crippen LogP contribution < -0.4 is 0 Å². The molecule has 2 heterocycles. The first-order valence-corrected chi connectivity index (χ1v) is 12.9. The van der Waals surface area contributed by atoms with Crippen LogP contribution >= 0.6 is 11.6 Å². The average molecular weight is 508 g/mol. The first-order chi connectivity index (χ1) is 18.7. The van der Waals surface area contributed by atoms with E-state index in [4.69, 9.17) is 21.7 Å². The van der Waals surface area contributed by atoms with Crippen molar-refractivity contribution in [1.82, 2.24) is 14.6 Å². The van der Waals surface area contributed by atoms with Crippen LogP contribution in [0.1, 0.15) is 0 Å². The maximum absolute atomic E-state index is 6.49. The third-order valence-corrected chi connectivity index (χ3v) is 7.26. The summed E-state index contributed by atoms with van der Waals surface area (Å²) in [4.78, 5) is 5.04. The van der Waals surface area contributed by atoms with Crippen molar-refractivity contribution >= 4 is 28.0 Å². The lowest BCUT2D eigenvalue weighted by Crippen LogP contribution is -1.93. The van der Waals surface area contributed by atoms with Crippen LogP contribution in [0.25, 0.3) is 61.2 Å². The lowest BCUT2D eigenvalue weighted by molar-refractivity contribution is 0.968. The molecule has 5 aromatic carbocycles. The third kappa shape index (κ3) is 3.94. The zero-order valence-corrected chi connectivity index (χ0v) is 21.2. The predicted octanol–water partition coefficient (Wildman–Crippen LogP) is 9.20. The molecule has 0 spiro atoms. The number of pyridine rings is 1. The van der Waals surface area contributed by atoms with Gasteiger partial charge in [-0.1, -0.05) is 121 Å². The molecule has 0 atom stereocenters. The van der Waals surface area contributed by atoms with E-state index < -0.39 is 0 Å². The van der Waals surface area contributed by atoms with Gasteiger partial charge in [-0.2, -0.15) is 0 Å². The van der Waals surface area contributed by atoms with Gasteiger partial charge in [0.1, 0.15) is 0 Å². The van der Waals surface area contributed by atoms with E-state index in [0.717, 1.165) is 60.4 Å². The molecular weight excluding hydrogens is 486 g/mol. The van der Waals surface area contributed by atoms with Crippen molar-refractivity contribution in [2.24, 2.45) is 0 Å². The molecule has 7 rings (SSSR count). The Morgan fingerprint density at radius 2 is 1.16 bits per heavy atom. The fourth-order valence-electron chi connectivity index (χ4n) is 5.08. The Kier molecular flexibility index (Phi) is 5.49. The zero-order valence-electron chi connectivity index (χ0n) is 20.4. The van der Waals surface area contributed by atoms with E-state index in [0.29, 0.717) is 5.82 Å². The lowest BCUT2D eigenvalue weighted by Gasteiger charge is -2.09. The van der Waals surface area contributed by atoms with Gasteiger partial charge in [-0.3, -0.25) is 0 Å². The van der Waals surface area contributed by atoms with Gasteiger partial charge in [-0.05, 0) is 45.8 Å². The topological polar surface area (TPSA) is 30.2 Å². The molecule has 4 heteroatoms. The fraction of sp³-hybridized carbons (Fsp3) is 0. The summed E-state index contributed by atoms with van der Waals surface area (Å²) in [5.41, 5.74) is 8.41. The van der Waals surface area contributed by atoms with Crippen molar-refractivity contribution in [2.75, 3.05) is 0 Å². The third-order valence-electron chi connectivity index (χ3n) is 6.93. The minimum Gasteiger partial charge on any atom is -0.219 e. The second kappa shape index (κ2) is 9.29. The van der Waals surface area contributed by atoms with E-state index in [1.54, 1.807) is 0 Å². The van der Waals surface area contributed by atoms with E-state index in [1.807, 2.05) is 28.8 Å². The summed E-state index contributed by atoms with van der Waals surface area (Å²) in [5, 5.41) is 7.88. The number of benzene rings is 5. The Balaban J connectivity index is 1.40. The Labute approximate surface area is 225 Å². The van der Waals surface area contributed by atoms with Gasteiger partial charge in [0.25, 0.3) is 0 Å².